The van der Waals surface area contributed by atoms with E-state index in [2.05, 4.69) is 0 Å². The predicted octanol–water partition coefficient (Wildman–Crippen LogP) is 5.02. The molecule has 4 rings (SSSR count). The third-order valence-corrected chi connectivity index (χ3v) is 5.45. The van der Waals surface area contributed by atoms with Gasteiger partial charge in [-0.2, -0.15) is 0 Å². The van der Waals surface area contributed by atoms with Crippen molar-refractivity contribution in [2.24, 2.45) is 0 Å². The highest BCUT2D eigenvalue weighted by molar-refractivity contribution is 6.36. The summed E-state index contributed by atoms with van der Waals surface area (Å²) >= 11 is 11.9. The van der Waals surface area contributed by atoms with Crippen molar-refractivity contribution in [1.82, 2.24) is 9.80 Å². The number of halogens is 2. The minimum Gasteiger partial charge on any atom is -0.464 e. The van der Waals surface area contributed by atoms with Crippen molar-refractivity contribution in [3.8, 4) is 0 Å². The Morgan fingerprint density at radius 2 is 1.18 bits per heavy atom. The lowest BCUT2D eigenvalue weighted by Crippen LogP contribution is -2.36. The number of benzene rings is 2. The number of hydrogen-bond acceptors (Lipinski definition) is 5. The first-order chi connectivity index (χ1) is 15.6. The Balaban J connectivity index is 2.03. The number of ether oxygens (including phenoxy) is 1. The Morgan fingerprint density at radius 1 is 0.788 bits per heavy atom. The average Bonchev–Trinajstić information content (AvgIpc) is 3.21. The van der Waals surface area contributed by atoms with E-state index in [1.54, 1.807) is 13.8 Å². The van der Waals surface area contributed by atoms with Crippen molar-refractivity contribution < 1.29 is 29.0 Å². The summed E-state index contributed by atoms with van der Waals surface area (Å²) < 4.78 is 5.24. The minimum absolute atomic E-state index is 0.0717. The fourth-order valence-corrected chi connectivity index (χ4v) is 3.93. The number of carboxylic acid groups (broad SMARTS) is 1. The maximum Gasteiger partial charge on any atom is 0.421 e. The molecule has 2 aromatic rings. The highest BCUT2D eigenvalue weighted by Crippen LogP contribution is 2.47. The molecule has 168 valence electrons. The number of carbonyl (C=O) groups is 4. The van der Waals surface area contributed by atoms with Crippen molar-refractivity contribution >= 4 is 58.6 Å². The summed E-state index contributed by atoms with van der Waals surface area (Å²) in [5.74, 6) is -1.83. The fourth-order valence-electron chi connectivity index (χ4n) is 3.68. The molecule has 2 aliphatic rings. The first-order valence-electron chi connectivity index (χ1n) is 9.75. The number of fused-ring (bicyclic) bond motifs is 1. The summed E-state index contributed by atoms with van der Waals surface area (Å²) in [6, 6.07) is 12.1. The normalized spacial score (nSPS) is 15.7. The highest BCUT2D eigenvalue weighted by Gasteiger charge is 2.53. The molecule has 0 fully saturated rings. The predicted molar refractivity (Wildman–Crippen MR) is 120 cm³/mol. The van der Waals surface area contributed by atoms with Gasteiger partial charge in [0.05, 0.1) is 28.6 Å². The van der Waals surface area contributed by atoms with E-state index in [4.69, 9.17) is 27.9 Å². The molecule has 0 aromatic heterocycles. The van der Waals surface area contributed by atoms with Crippen LogP contribution in [0.5, 0.6) is 0 Å². The molecule has 2 heterocycles. The second-order valence-electron chi connectivity index (χ2n) is 7.46. The zero-order chi connectivity index (χ0) is 24.0. The smallest absolute Gasteiger partial charge is 0.421 e. The topological polar surface area (TPSA) is 104 Å². The molecule has 0 unspecified atom stereocenters. The third-order valence-electron chi connectivity index (χ3n) is 4.95. The summed E-state index contributed by atoms with van der Waals surface area (Å²) in [5, 5.41) is 10.6. The van der Waals surface area contributed by atoms with E-state index in [0.29, 0.717) is 20.5 Å². The first-order valence-corrected chi connectivity index (χ1v) is 10.5. The molecule has 0 spiro atoms. The van der Waals surface area contributed by atoms with E-state index in [0.717, 1.165) is 4.90 Å². The standard InChI is InChI=1S/C23H16Cl2N2O6/c1-11(2)33-23(32)27-19(13-5-9-15(25)10-6-13)17-16(21(27)29)18(26(20(17)28)22(30)31)12-3-7-14(24)8-4-12/h3-11H,1-2H3,(H,30,31). The average molecular weight is 487 g/mol. The van der Waals surface area contributed by atoms with Gasteiger partial charge in [0.25, 0.3) is 11.8 Å². The molecule has 10 heteroatoms. The molecule has 0 aliphatic carbocycles. The van der Waals surface area contributed by atoms with Gasteiger partial charge in [-0.1, -0.05) is 47.5 Å². The van der Waals surface area contributed by atoms with Gasteiger partial charge in [-0.05, 0) is 49.2 Å². The third kappa shape index (κ3) is 3.77. The number of imide groups is 2. The molecule has 0 atom stereocenters. The van der Waals surface area contributed by atoms with Crippen LogP contribution in [-0.4, -0.2) is 45.0 Å². The van der Waals surface area contributed by atoms with Gasteiger partial charge in [0.1, 0.15) is 0 Å². The van der Waals surface area contributed by atoms with Gasteiger partial charge in [-0.3, -0.25) is 9.59 Å². The lowest BCUT2D eigenvalue weighted by atomic mass is 10.0. The molecular formula is C23H16Cl2N2O6. The van der Waals surface area contributed by atoms with Crippen LogP contribution in [0.15, 0.2) is 59.7 Å². The van der Waals surface area contributed by atoms with E-state index >= 15 is 0 Å². The van der Waals surface area contributed by atoms with Gasteiger partial charge in [-0.15, -0.1) is 0 Å². The molecule has 2 aliphatic heterocycles. The van der Waals surface area contributed by atoms with Crippen LogP contribution in [0.2, 0.25) is 10.0 Å². The van der Waals surface area contributed by atoms with Crippen LogP contribution >= 0.6 is 23.2 Å². The summed E-state index contributed by atoms with van der Waals surface area (Å²) in [7, 11) is 0. The van der Waals surface area contributed by atoms with E-state index in [1.165, 1.54) is 48.5 Å². The van der Waals surface area contributed by atoms with Crippen LogP contribution in [-0.2, 0) is 14.3 Å². The molecule has 0 bridgehead atoms. The Morgan fingerprint density at radius 3 is 1.58 bits per heavy atom. The van der Waals surface area contributed by atoms with Crippen LogP contribution in [0.3, 0.4) is 0 Å². The van der Waals surface area contributed by atoms with Crippen LogP contribution in [0.1, 0.15) is 25.0 Å². The Hall–Kier alpha value is -3.62. The van der Waals surface area contributed by atoms with Crippen LogP contribution in [0.25, 0.3) is 11.4 Å². The summed E-state index contributed by atoms with van der Waals surface area (Å²) in [6.45, 7) is 3.23. The quantitative estimate of drug-likeness (QED) is 0.652. The monoisotopic (exact) mass is 486 g/mol. The van der Waals surface area contributed by atoms with Gasteiger partial charge >= 0.3 is 12.2 Å². The Labute approximate surface area is 198 Å². The summed E-state index contributed by atoms with van der Waals surface area (Å²) in [6.07, 6.45) is -3.10. The van der Waals surface area contributed by atoms with Crippen molar-refractivity contribution in [3.63, 3.8) is 0 Å². The van der Waals surface area contributed by atoms with Gasteiger partial charge in [0.2, 0.25) is 0 Å². The van der Waals surface area contributed by atoms with Crippen molar-refractivity contribution in [2.45, 2.75) is 20.0 Å². The van der Waals surface area contributed by atoms with E-state index in [9.17, 15) is 24.3 Å². The fraction of sp³-hybridized carbons (Fsp3) is 0.130. The van der Waals surface area contributed by atoms with Crippen LogP contribution in [0.4, 0.5) is 9.59 Å². The van der Waals surface area contributed by atoms with Gasteiger partial charge in [-0.25, -0.2) is 19.4 Å². The zero-order valence-electron chi connectivity index (χ0n) is 17.3. The molecule has 0 saturated heterocycles. The Bertz CT molecular complexity index is 1260. The molecule has 4 amide bonds. The van der Waals surface area contributed by atoms with E-state index < -0.39 is 30.1 Å². The highest BCUT2D eigenvalue weighted by atomic mass is 35.5. The SMILES string of the molecule is CC(C)OC(=O)N1C(=O)C2=C(c3ccc(Cl)cc3)N(C(=O)O)C(=O)C2=C1c1ccc(Cl)cc1. The molecular weight excluding hydrogens is 471 g/mol. The minimum atomic E-state index is -1.57. The number of carbonyl (C=O) groups excluding carboxylic acids is 3. The second kappa shape index (κ2) is 8.38. The largest absolute Gasteiger partial charge is 0.464 e. The molecule has 2 aromatic carbocycles. The lowest BCUT2D eigenvalue weighted by Gasteiger charge is -2.22. The molecule has 0 radical (unpaired) electrons. The molecule has 1 N–H and O–H groups in total. The second-order valence-corrected chi connectivity index (χ2v) is 8.33. The van der Waals surface area contributed by atoms with Gasteiger partial charge in [0, 0.05) is 10.0 Å². The lowest BCUT2D eigenvalue weighted by molar-refractivity contribution is -0.123. The molecule has 8 nitrogen and oxygen atoms in total. The maximum atomic E-state index is 13.5. The maximum absolute atomic E-state index is 13.5. The Kier molecular flexibility index (Phi) is 5.73. The molecule has 33 heavy (non-hydrogen) atoms. The summed E-state index contributed by atoms with van der Waals surface area (Å²) in [5.41, 5.74) is -0.0729. The first kappa shape index (κ1) is 22.6. The van der Waals surface area contributed by atoms with Crippen molar-refractivity contribution in [3.05, 3.63) is 80.8 Å². The van der Waals surface area contributed by atoms with E-state index in [1.807, 2.05) is 0 Å². The van der Waals surface area contributed by atoms with Crippen molar-refractivity contribution in [2.75, 3.05) is 0 Å². The molecule has 0 saturated carbocycles. The van der Waals surface area contributed by atoms with Crippen molar-refractivity contribution in [1.29, 1.82) is 0 Å². The van der Waals surface area contributed by atoms with Crippen LogP contribution in [0, 0.1) is 0 Å². The number of hydrogen-bond donors (Lipinski definition) is 1. The van der Waals surface area contributed by atoms with E-state index in [-0.39, 0.29) is 28.1 Å². The number of amides is 4. The van der Waals surface area contributed by atoms with Gasteiger partial charge in [0.15, 0.2) is 0 Å². The number of rotatable bonds is 3. The van der Waals surface area contributed by atoms with Crippen LogP contribution < -0.4 is 0 Å². The van der Waals surface area contributed by atoms with Gasteiger partial charge < -0.3 is 9.84 Å². The summed E-state index contributed by atoms with van der Waals surface area (Å²) in [4.78, 5) is 53.0. The number of nitrogens with zero attached hydrogens (tertiary/aromatic N) is 2. The zero-order valence-corrected chi connectivity index (χ0v) is 18.8.